The standard InChI is InChI=1S/C16H12F3NO4/c17-16(18,19)8-2-1-3-9(6-8)20-7-15-5-4-10(24-15)11(14(22)23)12(15)13(20)21/h1-6,10-12H,7H2,(H,22,23)/t10-,11-,12-,15+/m1/s1. The number of carbonyl (C=O) groups excluding carboxylic acids is 1. The molecule has 2 fully saturated rings. The van der Waals surface area contributed by atoms with Gasteiger partial charge < -0.3 is 14.7 Å². The molecule has 3 aliphatic rings. The summed E-state index contributed by atoms with van der Waals surface area (Å²) >= 11 is 0. The summed E-state index contributed by atoms with van der Waals surface area (Å²) in [5.74, 6) is -3.60. The van der Waals surface area contributed by atoms with Gasteiger partial charge in [0.25, 0.3) is 0 Å². The number of carbonyl (C=O) groups is 2. The predicted octanol–water partition coefficient (Wildman–Crippen LogP) is 2.08. The topological polar surface area (TPSA) is 66.8 Å². The van der Waals surface area contributed by atoms with Crippen molar-refractivity contribution >= 4 is 17.6 Å². The number of halogens is 3. The highest BCUT2D eigenvalue weighted by Crippen LogP contribution is 2.52. The van der Waals surface area contributed by atoms with E-state index in [1.54, 1.807) is 12.2 Å². The molecule has 1 N–H and O–H groups in total. The van der Waals surface area contributed by atoms with Crippen LogP contribution in [0, 0.1) is 11.8 Å². The molecular formula is C16H12F3NO4. The largest absolute Gasteiger partial charge is 0.481 e. The Hall–Kier alpha value is -2.35. The summed E-state index contributed by atoms with van der Waals surface area (Å²) in [4.78, 5) is 25.4. The van der Waals surface area contributed by atoms with Crippen molar-refractivity contribution in [3.05, 3.63) is 42.0 Å². The Morgan fingerprint density at radius 1 is 1.38 bits per heavy atom. The van der Waals surface area contributed by atoms with Gasteiger partial charge in [-0.1, -0.05) is 18.2 Å². The monoisotopic (exact) mass is 339 g/mol. The Labute approximate surface area is 134 Å². The van der Waals surface area contributed by atoms with Crippen LogP contribution < -0.4 is 4.90 Å². The lowest BCUT2D eigenvalue weighted by atomic mass is 9.77. The third kappa shape index (κ3) is 1.92. The Bertz CT molecular complexity index is 775. The summed E-state index contributed by atoms with van der Waals surface area (Å²) in [6, 6.07) is 4.43. The van der Waals surface area contributed by atoms with Gasteiger partial charge in [0.05, 0.1) is 24.1 Å². The molecule has 24 heavy (non-hydrogen) atoms. The van der Waals surface area contributed by atoms with Crippen molar-refractivity contribution in [2.45, 2.75) is 17.9 Å². The SMILES string of the molecule is O=C(O)[C@@H]1[C@H]2C=C[C@@]3(CN(c4cccc(C(F)(F)F)c4)C(=O)[C@@H]13)O2. The van der Waals surface area contributed by atoms with Crippen molar-refractivity contribution in [3.63, 3.8) is 0 Å². The molecule has 126 valence electrons. The van der Waals surface area contributed by atoms with E-state index in [-0.39, 0.29) is 12.2 Å². The maximum atomic E-state index is 12.9. The molecule has 2 saturated heterocycles. The molecule has 5 nitrogen and oxygen atoms in total. The van der Waals surface area contributed by atoms with Crippen molar-refractivity contribution < 1.29 is 32.6 Å². The number of carboxylic acid groups (broad SMARTS) is 1. The number of anilines is 1. The highest BCUT2D eigenvalue weighted by atomic mass is 19.4. The van der Waals surface area contributed by atoms with Gasteiger partial charge in [0.15, 0.2) is 0 Å². The third-order valence-electron chi connectivity index (χ3n) is 4.87. The minimum Gasteiger partial charge on any atom is -0.481 e. The van der Waals surface area contributed by atoms with E-state index in [0.717, 1.165) is 12.1 Å². The fourth-order valence-electron chi connectivity index (χ4n) is 3.85. The molecule has 3 aliphatic heterocycles. The first kappa shape index (κ1) is 15.2. The molecule has 4 atom stereocenters. The first-order valence-corrected chi connectivity index (χ1v) is 7.32. The smallest absolute Gasteiger partial charge is 0.416 e. The maximum absolute atomic E-state index is 12.9. The molecule has 2 bridgehead atoms. The number of fused-ring (bicyclic) bond motifs is 1. The van der Waals surface area contributed by atoms with Crippen LogP contribution in [0.1, 0.15) is 5.56 Å². The van der Waals surface area contributed by atoms with Gasteiger partial charge in [-0.05, 0) is 18.2 Å². The minimum atomic E-state index is -4.52. The average molecular weight is 339 g/mol. The Morgan fingerprint density at radius 3 is 2.79 bits per heavy atom. The number of benzene rings is 1. The van der Waals surface area contributed by atoms with Crippen molar-refractivity contribution in [1.82, 2.24) is 0 Å². The molecule has 0 aromatic heterocycles. The van der Waals surface area contributed by atoms with Gasteiger partial charge in [-0.2, -0.15) is 13.2 Å². The average Bonchev–Trinajstić information content (AvgIpc) is 3.15. The first-order valence-electron chi connectivity index (χ1n) is 7.32. The van der Waals surface area contributed by atoms with E-state index in [4.69, 9.17) is 4.74 Å². The fourth-order valence-corrected chi connectivity index (χ4v) is 3.85. The Kier molecular flexibility index (Phi) is 2.91. The van der Waals surface area contributed by atoms with Crippen molar-refractivity contribution in [2.24, 2.45) is 11.8 Å². The molecule has 1 aromatic rings. The van der Waals surface area contributed by atoms with Gasteiger partial charge in [-0.25, -0.2) is 0 Å². The van der Waals surface area contributed by atoms with E-state index < -0.39 is 47.2 Å². The zero-order valence-corrected chi connectivity index (χ0v) is 12.2. The second kappa shape index (κ2) is 4.60. The molecule has 8 heteroatoms. The molecular weight excluding hydrogens is 327 g/mol. The lowest BCUT2D eigenvalue weighted by Gasteiger charge is -2.22. The second-order valence-corrected chi connectivity index (χ2v) is 6.21. The predicted molar refractivity (Wildman–Crippen MR) is 75.2 cm³/mol. The van der Waals surface area contributed by atoms with Gasteiger partial charge in [-0.15, -0.1) is 0 Å². The molecule has 1 amide bonds. The van der Waals surface area contributed by atoms with Crippen LogP contribution in [0.25, 0.3) is 0 Å². The molecule has 0 aliphatic carbocycles. The number of nitrogens with zero attached hydrogens (tertiary/aromatic N) is 1. The van der Waals surface area contributed by atoms with E-state index in [0.29, 0.717) is 0 Å². The maximum Gasteiger partial charge on any atom is 0.416 e. The van der Waals surface area contributed by atoms with Gasteiger partial charge in [-0.3, -0.25) is 9.59 Å². The number of aliphatic carboxylic acids is 1. The Balaban J connectivity index is 1.72. The highest BCUT2D eigenvalue weighted by Gasteiger charge is 2.67. The zero-order valence-electron chi connectivity index (χ0n) is 12.2. The van der Waals surface area contributed by atoms with Gasteiger partial charge in [0.1, 0.15) is 11.5 Å². The molecule has 3 heterocycles. The van der Waals surface area contributed by atoms with Gasteiger partial charge >= 0.3 is 12.1 Å². The lowest BCUT2D eigenvalue weighted by Crippen LogP contribution is -2.39. The molecule has 0 saturated carbocycles. The van der Waals surface area contributed by atoms with Crippen molar-refractivity contribution in [2.75, 3.05) is 11.4 Å². The van der Waals surface area contributed by atoms with Crippen LogP contribution in [-0.4, -0.2) is 35.2 Å². The van der Waals surface area contributed by atoms with E-state index in [2.05, 4.69) is 0 Å². The Morgan fingerprint density at radius 2 is 2.12 bits per heavy atom. The van der Waals surface area contributed by atoms with Crippen molar-refractivity contribution in [1.29, 1.82) is 0 Å². The number of alkyl halides is 3. The van der Waals surface area contributed by atoms with E-state index >= 15 is 0 Å². The van der Waals surface area contributed by atoms with Crippen LogP contribution in [-0.2, 0) is 20.5 Å². The molecule has 1 aromatic carbocycles. The number of amides is 1. The summed E-state index contributed by atoms with van der Waals surface area (Å²) in [5.41, 5.74) is -1.85. The van der Waals surface area contributed by atoms with Crippen LogP contribution >= 0.6 is 0 Å². The number of rotatable bonds is 2. The number of hydrogen-bond donors (Lipinski definition) is 1. The van der Waals surface area contributed by atoms with Crippen LogP contribution in [0.15, 0.2) is 36.4 Å². The van der Waals surface area contributed by atoms with E-state index in [1.165, 1.54) is 17.0 Å². The lowest BCUT2D eigenvalue weighted by molar-refractivity contribution is -0.146. The van der Waals surface area contributed by atoms with E-state index in [1.807, 2.05) is 0 Å². The van der Waals surface area contributed by atoms with Gasteiger partial charge in [0, 0.05) is 5.69 Å². The van der Waals surface area contributed by atoms with Crippen LogP contribution in [0.3, 0.4) is 0 Å². The van der Waals surface area contributed by atoms with Gasteiger partial charge in [0.2, 0.25) is 5.91 Å². The molecule has 4 rings (SSSR count). The number of carboxylic acids is 1. The summed E-state index contributed by atoms with van der Waals surface area (Å²) < 4.78 is 44.3. The highest BCUT2D eigenvalue weighted by molar-refractivity contribution is 6.02. The first-order chi connectivity index (χ1) is 11.2. The number of ether oxygens (including phenoxy) is 1. The van der Waals surface area contributed by atoms with Crippen LogP contribution in [0.4, 0.5) is 18.9 Å². The summed E-state index contributed by atoms with van der Waals surface area (Å²) in [6.45, 7) is 0.00852. The van der Waals surface area contributed by atoms with Crippen LogP contribution in [0.5, 0.6) is 0 Å². The normalized spacial score (nSPS) is 34.0. The third-order valence-corrected chi connectivity index (χ3v) is 4.87. The minimum absolute atomic E-state index is 0.00852. The summed E-state index contributed by atoms with van der Waals surface area (Å²) in [5, 5.41) is 9.37. The summed E-state index contributed by atoms with van der Waals surface area (Å²) in [6.07, 6.45) is -1.92. The summed E-state index contributed by atoms with van der Waals surface area (Å²) in [7, 11) is 0. The quantitative estimate of drug-likeness (QED) is 0.838. The van der Waals surface area contributed by atoms with Crippen LogP contribution in [0.2, 0.25) is 0 Å². The zero-order chi connectivity index (χ0) is 17.3. The second-order valence-electron chi connectivity index (χ2n) is 6.21. The molecule has 0 radical (unpaired) electrons. The fraction of sp³-hybridized carbons (Fsp3) is 0.375. The molecule has 1 spiro atoms. The molecule has 0 unspecified atom stereocenters. The van der Waals surface area contributed by atoms with E-state index in [9.17, 15) is 27.9 Å². The van der Waals surface area contributed by atoms with Crippen molar-refractivity contribution in [3.8, 4) is 0 Å². The number of hydrogen-bond acceptors (Lipinski definition) is 3.